The lowest BCUT2D eigenvalue weighted by atomic mass is 10.2. The lowest BCUT2D eigenvalue weighted by molar-refractivity contribution is -0.117. The number of aromatic nitrogens is 2. The largest absolute Gasteiger partial charge is 0.313 e. The summed E-state index contributed by atoms with van der Waals surface area (Å²) in [4.78, 5) is 18.4. The van der Waals surface area contributed by atoms with E-state index < -0.39 is 15.7 Å². The molecule has 0 spiro atoms. The van der Waals surface area contributed by atoms with Gasteiger partial charge in [0.15, 0.2) is 9.84 Å². The summed E-state index contributed by atoms with van der Waals surface area (Å²) in [5, 5.41) is 2.68. The summed E-state index contributed by atoms with van der Waals surface area (Å²) in [6.45, 7) is 0.422. The Morgan fingerprint density at radius 3 is 2.92 bits per heavy atom. The third-order valence-corrected chi connectivity index (χ3v) is 6.04. The molecule has 130 valence electrons. The Morgan fingerprint density at radius 1 is 1.42 bits per heavy atom. The van der Waals surface area contributed by atoms with Gasteiger partial charge in [-0.3, -0.25) is 10.1 Å². The Balaban J connectivity index is 1.74. The number of hydrogen-bond acceptors (Lipinski definition) is 5. The number of benzene rings is 1. The second kappa shape index (κ2) is 6.14. The Hall–Kier alpha value is -2.00. The molecule has 1 aromatic carbocycles. The van der Waals surface area contributed by atoms with Crippen molar-refractivity contribution in [3.63, 3.8) is 0 Å². The van der Waals surface area contributed by atoms with E-state index in [9.17, 15) is 17.6 Å². The molecule has 1 aliphatic rings. The normalized spacial score (nSPS) is 21.0. The topological polar surface area (TPSA) is 84.3 Å². The molecule has 1 N–H and O–H groups in total. The number of sulfone groups is 1. The number of nitrogens with one attached hydrogen (secondary N) is 1. The molecule has 2 heterocycles. The zero-order valence-corrected chi connectivity index (χ0v) is 14.3. The lowest BCUT2D eigenvalue weighted by Crippen LogP contribution is -2.47. The number of aryl methyl sites for hydroxylation is 1. The van der Waals surface area contributed by atoms with E-state index in [1.54, 1.807) is 17.7 Å². The van der Waals surface area contributed by atoms with Gasteiger partial charge in [-0.1, -0.05) is 0 Å². The van der Waals surface area contributed by atoms with E-state index in [-0.39, 0.29) is 29.9 Å². The van der Waals surface area contributed by atoms with Crippen molar-refractivity contribution in [3.8, 4) is 0 Å². The van der Waals surface area contributed by atoms with Gasteiger partial charge in [0.25, 0.3) is 0 Å². The summed E-state index contributed by atoms with van der Waals surface area (Å²) < 4.78 is 38.4. The lowest BCUT2D eigenvalue weighted by Gasteiger charge is -2.31. The minimum absolute atomic E-state index is 0.0231. The van der Waals surface area contributed by atoms with E-state index in [1.807, 2.05) is 11.9 Å². The van der Waals surface area contributed by atoms with Crippen LogP contribution in [0.2, 0.25) is 0 Å². The molecule has 0 aliphatic carbocycles. The standard InChI is InChI=1S/C15H19FN4O3S/c1-19-5-6-24(22,23)9-11(19)8-14(21)18-15-17-12-7-10(16)3-4-13(12)20(15)2/h3-4,7,11H,5-6,8-9H2,1-2H3,(H,17,18,21). The Labute approximate surface area is 139 Å². The van der Waals surface area contributed by atoms with E-state index in [0.717, 1.165) is 0 Å². The summed E-state index contributed by atoms with van der Waals surface area (Å²) in [5.41, 5.74) is 1.15. The monoisotopic (exact) mass is 354 g/mol. The average molecular weight is 354 g/mol. The van der Waals surface area contributed by atoms with Gasteiger partial charge in [0.05, 0.1) is 22.5 Å². The second-order valence-corrected chi connectivity index (χ2v) is 8.36. The zero-order chi connectivity index (χ0) is 17.5. The smallest absolute Gasteiger partial charge is 0.228 e. The molecule has 9 heteroatoms. The molecule has 0 saturated carbocycles. The molecule has 7 nitrogen and oxygen atoms in total. The number of halogens is 1. The van der Waals surface area contributed by atoms with E-state index >= 15 is 0 Å². The summed E-state index contributed by atoms with van der Waals surface area (Å²) in [7, 11) is 0.431. The number of imidazole rings is 1. The third kappa shape index (κ3) is 3.41. The highest BCUT2D eigenvalue weighted by Gasteiger charge is 2.30. The molecular formula is C15H19FN4O3S. The van der Waals surface area contributed by atoms with E-state index in [4.69, 9.17) is 0 Å². The molecule has 0 radical (unpaired) electrons. The first-order valence-electron chi connectivity index (χ1n) is 7.58. The minimum Gasteiger partial charge on any atom is -0.313 e. The molecule has 1 saturated heterocycles. The Bertz CT molecular complexity index is 894. The maximum Gasteiger partial charge on any atom is 0.228 e. The van der Waals surface area contributed by atoms with Crippen molar-refractivity contribution in [2.45, 2.75) is 12.5 Å². The van der Waals surface area contributed by atoms with Crippen LogP contribution in [0.3, 0.4) is 0 Å². The Kier molecular flexibility index (Phi) is 4.31. The van der Waals surface area contributed by atoms with Crippen LogP contribution in [0.15, 0.2) is 18.2 Å². The number of nitrogens with zero attached hydrogens (tertiary/aromatic N) is 3. The fourth-order valence-electron chi connectivity index (χ4n) is 2.86. The third-order valence-electron chi connectivity index (χ3n) is 4.34. The fraction of sp³-hybridized carbons (Fsp3) is 0.467. The van der Waals surface area contributed by atoms with Crippen LogP contribution in [-0.2, 0) is 21.7 Å². The Morgan fingerprint density at radius 2 is 2.17 bits per heavy atom. The van der Waals surface area contributed by atoms with Crippen LogP contribution in [0.4, 0.5) is 10.3 Å². The molecule has 1 atom stereocenters. The minimum atomic E-state index is -3.10. The van der Waals surface area contributed by atoms with Gasteiger partial charge >= 0.3 is 0 Å². The van der Waals surface area contributed by atoms with Gasteiger partial charge in [-0.05, 0) is 19.2 Å². The van der Waals surface area contributed by atoms with Crippen molar-refractivity contribution >= 4 is 32.7 Å². The van der Waals surface area contributed by atoms with Gasteiger partial charge in [0.1, 0.15) is 5.82 Å². The van der Waals surface area contributed by atoms with Gasteiger partial charge in [-0.2, -0.15) is 0 Å². The first-order valence-corrected chi connectivity index (χ1v) is 9.40. The first-order chi connectivity index (χ1) is 11.2. The van der Waals surface area contributed by atoms with Gasteiger partial charge < -0.3 is 9.47 Å². The van der Waals surface area contributed by atoms with E-state index in [0.29, 0.717) is 23.5 Å². The van der Waals surface area contributed by atoms with Gasteiger partial charge in [-0.25, -0.2) is 17.8 Å². The highest BCUT2D eigenvalue weighted by Crippen LogP contribution is 2.20. The summed E-state index contributed by atoms with van der Waals surface area (Å²) in [6, 6.07) is 3.87. The van der Waals surface area contributed by atoms with Crippen LogP contribution < -0.4 is 5.32 Å². The van der Waals surface area contributed by atoms with Crippen LogP contribution in [0, 0.1) is 5.82 Å². The van der Waals surface area contributed by atoms with Crippen molar-refractivity contribution in [1.29, 1.82) is 0 Å². The number of fused-ring (bicyclic) bond motifs is 1. The van der Waals surface area contributed by atoms with E-state index in [2.05, 4.69) is 10.3 Å². The number of anilines is 1. The number of amides is 1. The first kappa shape index (κ1) is 16.8. The molecule has 24 heavy (non-hydrogen) atoms. The van der Waals surface area contributed by atoms with Crippen molar-refractivity contribution in [3.05, 3.63) is 24.0 Å². The molecular weight excluding hydrogens is 335 g/mol. The molecule has 1 fully saturated rings. The van der Waals surface area contributed by atoms with Crippen molar-refractivity contribution in [2.75, 3.05) is 30.4 Å². The number of hydrogen-bond donors (Lipinski definition) is 1. The van der Waals surface area contributed by atoms with Crippen LogP contribution in [-0.4, -0.2) is 59.9 Å². The molecule has 0 bridgehead atoms. The van der Waals surface area contributed by atoms with Crippen LogP contribution in [0.25, 0.3) is 11.0 Å². The van der Waals surface area contributed by atoms with E-state index in [1.165, 1.54) is 12.1 Å². The van der Waals surface area contributed by atoms with Crippen molar-refractivity contribution in [2.24, 2.45) is 7.05 Å². The van der Waals surface area contributed by atoms with Crippen LogP contribution in [0.5, 0.6) is 0 Å². The highest BCUT2D eigenvalue weighted by atomic mass is 32.2. The SMILES string of the molecule is CN1CCS(=O)(=O)CC1CC(=O)Nc1nc2cc(F)ccc2n1C. The van der Waals surface area contributed by atoms with Crippen LogP contribution in [0.1, 0.15) is 6.42 Å². The zero-order valence-electron chi connectivity index (χ0n) is 13.5. The quantitative estimate of drug-likeness (QED) is 0.880. The number of carbonyl (C=O) groups is 1. The maximum atomic E-state index is 13.3. The molecule has 1 amide bonds. The summed E-state index contributed by atoms with van der Waals surface area (Å²) in [5.74, 6) is -0.306. The average Bonchev–Trinajstić information content (AvgIpc) is 2.78. The van der Waals surface area contributed by atoms with Crippen molar-refractivity contribution < 1.29 is 17.6 Å². The molecule has 1 unspecified atom stereocenters. The van der Waals surface area contributed by atoms with Gasteiger partial charge in [-0.15, -0.1) is 0 Å². The van der Waals surface area contributed by atoms with Crippen molar-refractivity contribution in [1.82, 2.24) is 14.5 Å². The summed E-state index contributed by atoms with van der Waals surface area (Å²) >= 11 is 0. The van der Waals surface area contributed by atoms with Gasteiger partial charge in [0, 0.05) is 32.1 Å². The fourth-order valence-corrected chi connectivity index (χ4v) is 4.55. The number of rotatable bonds is 3. The maximum absolute atomic E-state index is 13.3. The molecule has 3 rings (SSSR count). The molecule has 1 aliphatic heterocycles. The predicted octanol–water partition coefficient (Wildman–Crippen LogP) is 0.770. The highest BCUT2D eigenvalue weighted by molar-refractivity contribution is 7.91. The van der Waals surface area contributed by atoms with Gasteiger partial charge in [0.2, 0.25) is 11.9 Å². The second-order valence-electron chi connectivity index (χ2n) is 6.13. The molecule has 1 aromatic heterocycles. The van der Waals surface area contributed by atoms with Crippen LogP contribution >= 0.6 is 0 Å². The number of carbonyl (C=O) groups excluding carboxylic acids is 1. The summed E-state index contributed by atoms with van der Waals surface area (Å²) in [6.07, 6.45) is 0.0628. The predicted molar refractivity (Wildman–Crippen MR) is 89.0 cm³/mol. The molecule has 2 aromatic rings.